The molecule has 0 saturated carbocycles. The second-order valence-electron chi connectivity index (χ2n) is 3.27. The minimum atomic E-state index is 0.226. The summed E-state index contributed by atoms with van der Waals surface area (Å²) < 4.78 is 0. The number of aromatic amines is 1. The molecule has 0 aromatic carbocycles. The summed E-state index contributed by atoms with van der Waals surface area (Å²) in [7, 11) is 0. The van der Waals surface area contributed by atoms with Crippen molar-refractivity contribution in [2.75, 3.05) is 18.8 Å². The molecule has 1 aromatic heterocycles. The molecule has 14 heavy (non-hydrogen) atoms. The fourth-order valence-electron chi connectivity index (χ4n) is 1.52. The number of thioether (sulfide) groups is 1. The number of H-pyrrole nitrogens is 1. The number of aromatic nitrogens is 2. The third-order valence-electron chi connectivity index (χ3n) is 2.26. The van der Waals surface area contributed by atoms with Gasteiger partial charge in [-0.2, -0.15) is 0 Å². The molecule has 0 unspecified atom stereocenters. The van der Waals surface area contributed by atoms with E-state index in [0.29, 0.717) is 5.75 Å². The summed E-state index contributed by atoms with van der Waals surface area (Å²) in [6.45, 7) is 1.86. The molecule has 1 fully saturated rings. The predicted molar refractivity (Wildman–Crippen MR) is 55.1 cm³/mol. The van der Waals surface area contributed by atoms with Crippen molar-refractivity contribution in [3.8, 4) is 0 Å². The SMILES string of the molecule is O=C(CSc1ncc[nH]1)N1CCCC1. The fourth-order valence-corrected chi connectivity index (χ4v) is 2.25. The molecule has 0 aliphatic carbocycles. The van der Waals surface area contributed by atoms with E-state index in [9.17, 15) is 4.79 Å². The molecule has 0 radical (unpaired) electrons. The highest BCUT2D eigenvalue weighted by Crippen LogP contribution is 2.14. The minimum absolute atomic E-state index is 0.226. The zero-order chi connectivity index (χ0) is 9.80. The lowest BCUT2D eigenvalue weighted by atomic mass is 10.4. The quantitative estimate of drug-likeness (QED) is 0.762. The molecule has 5 heteroatoms. The summed E-state index contributed by atoms with van der Waals surface area (Å²) in [6.07, 6.45) is 5.76. The molecule has 76 valence electrons. The van der Waals surface area contributed by atoms with Crippen LogP contribution in [0.4, 0.5) is 0 Å². The Kier molecular flexibility index (Phi) is 3.08. The molecule has 0 bridgehead atoms. The molecule has 1 amide bonds. The summed E-state index contributed by atoms with van der Waals surface area (Å²) in [4.78, 5) is 20.5. The maximum Gasteiger partial charge on any atom is 0.233 e. The van der Waals surface area contributed by atoms with E-state index in [4.69, 9.17) is 0 Å². The average Bonchev–Trinajstić information content (AvgIpc) is 2.87. The molecule has 2 rings (SSSR count). The third-order valence-corrected chi connectivity index (χ3v) is 3.15. The van der Waals surface area contributed by atoms with E-state index in [1.54, 1.807) is 12.4 Å². The van der Waals surface area contributed by atoms with Crippen LogP contribution < -0.4 is 0 Å². The van der Waals surface area contributed by atoms with Crippen molar-refractivity contribution in [3.63, 3.8) is 0 Å². The molecule has 0 atom stereocenters. The van der Waals surface area contributed by atoms with Crippen LogP contribution in [0.5, 0.6) is 0 Å². The Bertz CT molecular complexity index is 293. The first-order valence-electron chi connectivity index (χ1n) is 4.76. The van der Waals surface area contributed by atoms with Crippen LogP contribution in [0.2, 0.25) is 0 Å². The van der Waals surface area contributed by atoms with Crippen molar-refractivity contribution in [1.29, 1.82) is 0 Å². The molecule has 1 N–H and O–H groups in total. The maximum absolute atomic E-state index is 11.6. The number of hydrogen-bond donors (Lipinski definition) is 1. The second-order valence-corrected chi connectivity index (χ2v) is 4.23. The van der Waals surface area contributed by atoms with Crippen LogP contribution in [0, 0.1) is 0 Å². The molecular formula is C9H13N3OS. The predicted octanol–water partition coefficient (Wildman–Crippen LogP) is 1.12. The zero-order valence-corrected chi connectivity index (χ0v) is 8.72. The highest BCUT2D eigenvalue weighted by molar-refractivity contribution is 7.99. The highest BCUT2D eigenvalue weighted by Gasteiger charge is 2.17. The van der Waals surface area contributed by atoms with Crippen LogP contribution in [-0.4, -0.2) is 39.6 Å². The third kappa shape index (κ3) is 2.29. The minimum Gasteiger partial charge on any atom is -0.342 e. The second kappa shape index (κ2) is 4.50. The molecule has 2 heterocycles. The average molecular weight is 211 g/mol. The van der Waals surface area contributed by atoms with Gasteiger partial charge in [-0.15, -0.1) is 0 Å². The number of hydrogen-bond acceptors (Lipinski definition) is 3. The fraction of sp³-hybridized carbons (Fsp3) is 0.556. The van der Waals surface area contributed by atoms with Gasteiger partial charge in [-0.05, 0) is 12.8 Å². The van der Waals surface area contributed by atoms with Gasteiger partial charge in [0.1, 0.15) is 0 Å². The number of likely N-dealkylation sites (tertiary alicyclic amines) is 1. The summed E-state index contributed by atoms with van der Waals surface area (Å²) in [5, 5.41) is 0.817. The maximum atomic E-state index is 11.6. The molecule has 1 saturated heterocycles. The molecule has 1 aromatic rings. The number of imidazole rings is 1. The zero-order valence-electron chi connectivity index (χ0n) is 7.90. The Morgan fingerprint density at radius 3 is 3.00 bits per heavy atom. The Labute approximate surface area is 87.1 Å². The van der Waals surface area contributed by atoms with Crippen LogP contribution in [0.25, 0.3) is 0 Å². The van der Waals surface area contributed by atoms with Crippen LogP contribution in [0.1, 0.15) is 12.8 Å². The van der Waals surface area contributed by atoms with Gasteiger partial charge in [0, 0.05) is 25.5 Å². The van der Waals surface area contributed by atoms with Gasteiger partial charge in [0.05, 0.1) is 5.75 Å². The van der Waals surface area contributed by atoms with E-state index in [-0.39, 0.29) is 5.91 Å². The van der Waals surface area contributed by atoms with Crippen molar-refractivity contribution in [2.45, 2.75) is 18.0 Å². The van der Waals surface area contributed by atoms with E-state index >= 15 is 0 Å². The number of carbonyl (C=O) groups is 1. The van der Waals surface area contributed by atoms with E-state index in [1.165, 1.54) is 11.8 Å². The summed E-state index contributed by atoms with van der Waals surface area (Å²) in [5.41, 5.74) is 0. The first-order valence-corrected chi connectivity index (χ1v) is 5.75. The first kappa shape index (κ1) is 9.58. The van der Waals surface area contributed by atoms with Crippen molar-refractivity contribution in [3.05, 3.63) is 12.4 Å². The van der Waals surface area contributed by atoms with E-state index in [2.05, 4.69) is 9.97 Å². The molecule has 0 spiro atoms. The Morgan fingerprint density at radius 2 is 2.36 bits per heavy atom. The first-order chi connectivity index (χ1) is 6.86. The largest absolute Gasteiger partial charge is 0.342 e. The monoisotopic (exact) mass is 211 g/mol. The molecule has 1 aliphatic rings. The topological polar surface area (TPSA) is 49.0 Å². The normalized spacial score (nSPS) is 16.1. The molecule has 1 aliphatic heterocycles. The van der Waals surface area contributed by atoms with Crippen LogP contribution in [-0.2, 0) is 4.79 Å². The van der Waals surface area contributed by atoms with Gasteiger partial charge in [0.2, 0.25) is 5.91 Å². The summed E-state index contributed by atoms with van der Waals surface area (Å²) in [5.74, 6) is 0.719. The smallest absolute Gasteiger partial charge is 0.233 e. The van der Waals surface area contributed by atoms with Gasteiger partial charge < -0.3 is 9.88 Å². The molecule has 4 nitrogen and oxygen atoms in total. The van der Waals surface area contributed by atoms with Gasteiger partial charge in [0.25, 0.3) is 0 Å². The Balaban J connectivity index is 1.77. The van der Waals surface area contributed by atoms with Gasteiger partial charge in [-0.1, -0.05) is 11.8 Å². The number of amides is 1. The van der Waals surface area contributed by atoms with Gasteiger partial charge >= 0.3 is 0 Å². The highest BCUT2D eigenvalue weighted by atomic mass is 32.2. The number of carbonyl (C=O) groups excluding carboxylic acids is 1. The van der Waals surface area contributed by atoms with Crippen LogP contribution in [0.3, 0.4) is 0 Å². The Morgan fingerprint density at radius 1 is 1.57 bits per heavy atom. The lowest BCUT2D eigenvalue weighted by molar-refractivity contribution is -0.127. The standard InChI is InChI=1S/C9H13N3OS/c13-8(12-5-1-2-6-12)7-14-9-10-3-4-11-9/h3-4H,1-2,5-7H2,(H,10,11). The van der Waals surface area contributed by atoms with Crippen LogP contribution in [0.15, 0.2) is 17.6 Å². The Hall–Kier alpha value is -0.970. The lowest BCUT2D eigenvalue weighted by Crippen LogP contribution is -2.29. The van der Waals surface area contributed by atoms with Crippen molar-refractivity contribution < 1.29 is 4.79 Å². The number of nitrogens with one attached hydrogen (secondary N) is 1. The number of rotatable bonds is 3. The van der Waals surface area contributed by atoms with E-state index in [0.717, 1.165) is 31.1 Å². The van der Waals surface area contributed by atoms with Gasteiger partial charge in [-0.3, -0.25) is 4.79 Å². The van der Waals surface area contributed by atoms with E-state index in [1.807, 2.05) is 4.90 Å². The van der Waals surface area contributed by atoms with Crippen molar-refractivity contribution in [2.24, 2.45) is 0 Å². The van der Waals surface area contributed by atoms with Crippen LogP contribution >= 0.6 is 11.8 Å². The van der Waals surface area contributed by atoms with Gasteiger partial charge in [0.15, 0.2) is 5.16 Å². The summed E-state index contributed by atoms with van der Waals surface area (Å²) in [6, 6.07) is 0. The lowest BCUT2D eigenvalue weighted by Gasteiger charge is -2.13. The summed E-state index contributed by atoms with van der Waals surface area (Å²) >= 11 is 1.46. The number of nitrogens with zero attached hydrogens (tertiary/aromatic N) is 2. The van der Waals surface area contributed by atoms with E-state index < -0.39 is 0 Å². The van der Waals surface area contributed by atoms with Crippen molar-refractivity contribution >= 4 is 17.7 Å². The van der Waals surface area contributed by atoms with Crippen molar-refractivity contribution in [1.82, 2.24) is 14.9 Å². The van der Waals surface area contributed by atoms with Gasteiger partial charge in [-0.25, -0.2) is 4.98 Å². The molecular weight excluding hydrogens is 198 g/mol.